The molecule has 4 nitrogen and oxygen atoms in total. The van der Waals surface area contributed by atoms with E-state index in [1.807, 2.05) is 109 Å². The molecule has 174 valence electrons. The fourth-order valence-corrected chi connectivity index (χ4v) is 4.09. The van der Waals surface area contributed by atoms with Crippen LogP contribution in [0.1, 0.15) is 20.7 Å². The van der Waals surface area contributed by atoms with Crippen molar-refractivity contribution in [1.29, 1.82) is 0 Å². The quantitative estimate of drug-likeness (QED) is 0.271. The minimum absolute atomic E-state index is 0.236. The van der Waals surface area contributed by atoms with E-state index < -0.39 is 0 Å². The largest absolute Gasteiger partial charge is 0.321 e. The summed E-state index contributed by atoms with van der Waals surface area (Å²) in [5.41, 5.74) is 6.34. The first-order valence-corrected chi connectivity index (χ1v) is 11.7. The molecule has 0 unspecified atom stereocenters. The lowest BCUT2D eigenvalue weighted by Crippen LogP contribution is -2.15. The number of carbonyl (C=O) groups excluding carboxylic acids is 2. The Morgan fingerprint density at radius 2 is 0.722 bits per heavy atom. The molecule has 0 fully saturated rings. The van der Waals surface area contributed by atoms with E-state index in [-0.39, 0.29) is 11.8 Å². The summed E-state index contributed by atoms with van der Waals surface area (Å²) in [6.07, 6.45) is 0. The lowest BCUT2D eigenvalue weighted by atomic mass is 10.0. The van der Waals surface area contributed by atoms with E-state index in [0.717, 1.165) is 33.6 Å². The van der Waals surface area contributed by atoms with E-state index in [4.69, 9.17) is 0 Å². The van der Waals surface area contributed by atoms with E-state index in [1.165, 1.54) is 0 Å². The van der Waals surface area contributed by atoms with Crippen LogP contribution >= 0.6 is 0 Å². The van der Waals surface area contributed by atoms with Gasteiger partial charge in [0.25, 0.3) is 11.8 Å². The van der Waals surface area contributed by atoms with Crippen molar-refractivity contribution in [3.63, 3.8) is 0 Å². The van der Waals surface area contributed by atoms with Crippen molar-refractivity contribution < 1.29 is 9.59 Å². The molecule has 0 aliphatic rings. The second kappa shape index (κ2) is 10.5. The minimum Gasteiger partial charge on any atom is -0.321 e. The van der Waals surface area contributed by atoms with Crippen molar-refractivity contribution in [2.24, 2.45) is 0 Å². The van der Waals surface area contributed by atoms with Crippen LogP contribution in [-0.4, -0.2) is 11.8 Å². The second-order valence-corrected chi connectivity index (χ2v) is 8.31. The molecule has 5 aromatic carbocycles. The van der Waals surface area contributed by atoms with Crippen molar-refractivity contribution in [3.05, 3.63) is 145 Å². The van der Waals surface area contributed by atoms with Gasteiger partial charge in [-0.05, 0) is 47.5 Å². The standard InChI is InChI=1S/C32H24N2O2/c35-31(33-29-17-9-7-15-27(29)23-11-3-1-4-12-23)25-19-21-26(22-20-25)32(36)34-30-18-10-8-16-28(30)24-13-5-2-6-14-24/h1-22H,(H,33,35)(H,34,36). The molecule has 4 heteroatoms. The Morgan fingerprint density at radius 3 is 1.11 bits per heavy atom. The van der Waals surface area contributed by atoms with E-state index in [0.29, 0.717) is 11.1 Å². The van der Waals surface area contributed by atoms with Crippen LogP contribution in [0.3, 0.4) is 0 Å². The van der Waals surface area contributed by atoms with Crippen LogP contribution in [0.25, 0.3) is 22.3 Å². The number of amides is 2. The number of carbonyl (C=O) groups is 2. The first kappa shape index (κ1) is 22.8. The number of hydrogen-bond donors (Lipinski definition) is 2. The van der Waals surface area contributed by atoms with Gasteiger partial charge >= 0.3 is 0 Å². The molecule has 0 radical (unpaired) electrons. The van der Waals surface area contributed by atoms with Crippen LogP contribution in [0.5, 0.6) is 0 Å². The molecular formula is C32H24N2O2. The van der Waals surface area contributed by atoms with Gasteiger partial charge in [0, 0.05) is 33.6 Å². The first-order valence-electron chi connectivity index (χ1n) is 11.7. The molecule has 0 atom stereocenters. The Morgan fingerprint density at radius 1 is 0.389 bits per heavy atom. The third-order valence-electron chi connectivity index (χ3n) is 5.93. The van der Waals surface area contributed by atoms with E-state index in [9.17, 15) is 9.59 Å². The number of benzene rings is 5. The molecule has 0 saturated carbocycles. The maximum atomic E-state index is 13.0. The van der Waals surface area contributed by atoms with Gasteiger partial charge in [0.15, 0.2) is 0 Å². The van der Waals surface area contributed by atoms with Crippen LogP contribution in [0, 0.1) is 0 Å². The molecule has 0 aliphatic carbocycles. The number of hydrogen-bond acceptors (Lipinski definition) is 2. The van der Waals surface area contributed by atoms with E-state index >= 15 is 0 Å². The average Bonchev–Trinajstić information content (AvgIpc) is 2.94. The Balaban J connectivity index is 1.31. The van der Waals surface area contributed by atoms with Gasteiger partial charge in [-0.3, -0.25) is 9.59 Å². The molecule has 0 aromatic heterocycles. The molecule has 36 heavy (non-hydrogen) atoms. The molecule has 0 saturated heterocycles. The fraction of sp³-hybridized carbons (Fsp3) is 0. The number of anilines is 2. The highest BCUT2D eigenvalue weighted by atomic mass is 16.2. The van der Waals surface area contributed by atoms with Gasteiger partial charge in [0.2, 0.25) is 0 Å². The fourth-order valence-electron chi connectivity index (χ4n) is 4.09. The molecule has 2 N–H and O–H groups in total. The molecule has 0 bridgehead atoms. The zero-order chi connectivity index (χ0) is 24.7. The van der Waals surface area contributed by atoms with Gasteiger partial charge in [0.05, 0.1) is 0 Å². The summed E-state index contributed by atoms with van der Waals surface area (Å²) in [6, 6.07) is 41.9. The summed E-state index contributed by atoms with van der Waals surface area (Å²) in [4.78, 5) is 25.9. The van der Waals surface area contributed by atoms with Crippen molar-refractivity contribution >= 4 is 23.2 Å². The molecule has 0 heterocycles. The van der Waals surface area contributed by atoms with Crippen LogP contribution in [0.4, 0.5) is 11.4 Å². The van der Waals surface area contributed by atoms with Gasteiger partial charge in [-0.25, -0.2) is 0 Å². The van der Waals surface area contributed by atoms with Crippen LogP contribution < -0.4 is 10.6 Å². The summed E-state index contributed by atoms with van der Waals surface area (Å²) in [6.45, 7) is 0. The molecule has 2 amide bonds. The van der Waals surface area contributed by atoms with Gasteiger partial charge in [-0.2, -0.15) is 0 Å². The highest BCUT2D eigenvalue weighted by molar-refractivity contribution is 6.09. The summed E-state index contributed by atoms with van der Waals surface area (Å²) >= 11 is 0. The van der Waals surface area contributed by atoms with Gasteiger partial charge < -0.3 is 10.6 Å². The Bertz CT molecular complexity index is 1380. The first-order chi connectivity index (χ1) is 17.7. The highest BCUT2D eigenvalue weighted by Crippen LogP contribution is 2.29. The molecular weight excluding hydrogens is 444 g/mol. The molecule has 5 rings (SSSR count). The monoisotopic (exact) mass is 468 g/mol. The minimum atomic E-state index is -0.236. The molecule has 0 spiro atoms. The summed E-state index contributed by atoms with van der Waals surface area (Å²) in [7, 11) is 0. The third-order valence-corrected chi connectivity index (χ3v) is 5.93. The summed E-state index contributed by atoms with van der Waals surface area (Å²) in [5, 5.41) is 6.00. The predicted octanol–water partition coefficient (Wildman–Crippen LogP) is 7.53. The summed E-state index contributed by atoms with van der Waals surface area (Å²) in [5.74, 6) is -0.473. The third kappa shape index (κ3) is 5.08. The Hall–Kier alpha value is -4.96. The number of para-hydroxylation sites is 2. The van der Waals surface area contributed by atoms with Crippen molar-refractivity contribution in [3.8, 4) is 22.3 Å². The number of rotatable bonds is 6. The molecule has 0 aliphatic heterocycles. The smallest absolute Gasteiger partial charge is 0.255 e. The average molecular weight is 469 g/mol. The topological polar surface area (TPSA) is 58.2 Å². The van der Waals surface area contributed by atoms with Gasteiger partial charge in [0.1, 0.15) is 0 Å². The second-order valence-electron chi connectivity index (χ2n) is 8.31. The lowest BCUT2D eigenvalue weighted by Gasteiger charge is -2.13. The van der Waals surface area contributed by atoms with Gasteiger partial charge in [-0.15, -0.1) is 0 Å². The zero-order valence-electron chi connectivity index (χ0n) is 19.5. The van der Waals surface area contributed by atoms with Crippen molar-refractivity contribution in [2.45, 2.75) is 0 Å². The normalized spacial score (nSPS) is 10.4. The van der Waals surface area contributed by atoms with E-state index in [2.05, 4.69) is 10.6 Å². The van der Waals surface area contributed by atoms with Crippen LogP contribution in [-0.2, 0) is 0 Å². The maximum absolute atomic E-state index is 13.0. The van der Waals surface area contributed by atoms with E-state index in [1.54, 1.807) is 24.3 Å². The van der Waals surface area contributed by atoms with Crippen molar-refractivity contribution in [2.75, 3.05) is 10.6 Å². The summed E-state index contributed by atoms with van der Waals surface area (Å²) < 4.78 is 0. The Kier molecular flexibility index (Phi) is 6.68. The molecule has 5 aromatic rings. The van der Waals surface area contributed by atoms with Gasteiger partial charge in [-0.1, -0.05) is 97.1 Å². The zero-order valence-corrected chi connectivity index (χ0v) is 19.5. The van der Waals surface area contributed by atoms with Crippen LogP contribution in [0.2, 0.25) is 0 Å². The van der Waals surface area contributed by atoms with Crippen LogP contribution in [0.15, 0.2) is 133 Å². The lowest BCUT2D eigenvalue weighted by molar-refractivity contribution is 0.101. The Labute approximate surface area is 210 Å². The van der Waals surface area contributed by atoms with Crippen molar-refractivity contribution in [1.82, 2.24) is 0 Å². The predicted molar refractivity (Wildman–Crippen MR) is 146 cm³/mol. The number of nitrogens with one attached hydrogen (secondary N) is 2. The SMILES string of the molecule is O=C(Nc1ccccc1-c1ccccc1)c1ccc(C(=O)Nc2ccccc2-c2ccccc2)cc1. The highest BCUT2D eigenvalue weighted by Gasteiger charge is 2.13. The maximum Gasteiger partial charge on any atom is 0.255 e.